The maximum atomic E-state index is 10.00. The summed E-state index contributed by atoms with van der Waals surface area (Å²) in [4.78, 5) is 0. The number of ether oxygens (including phenoxy) is 1. The minimum atomic E-state index is -0.265. The average molecular weight is 233 g/mol. The van der Waals surface area contributed by atoms with Crippen molar-refractivity contribution < 1.29 is 9.84 Å². The molecule has 2 fully saturated rings. The molecule has 4 atom stereocenters. The van der Waals surface area contributed by atoms with Crippen LogP contribution in [-0.2, 0) is 11.3 Å². The lowest BCUT2D eigenvalue weighted by Crippen LogP contribution is -2.25. The van der Waals surface area contributed by atoms with Crippen LogP contribution >= 0.6 is 0 Å². The van der Waals surface area contributed by atoms with Gasteiger partial charge in [-0.25, -0.2) is 0 Å². The molecule has 92 valence electrons. The van der Waals surface area contributed by atoms with Crippen LogP contribution in [-0.4, -0.2) is 23.9 Å². The first-order valence-corrected chi connectivity index (χ1v) is 6.28. The summed E-state index contributed by atoms with van der Waals surface area (Å²) < 4.78 is 5.75. The van der Waals surface area contributed by atoms with Gasteiger partial charge in [0.25, 0.3) is 0 Å². The minimum absolute atomic E-state index is 0.0196. The average Bonchev–Trinajstić information content (AvgIpc) is 3.01. The second-order valence-electron chi connectivity index (χ2n) is 5.44. The van der Waals surface area contributed by atoms with E-state index in [0.29, 0.717) is 19.1 Å². The molecule has 0 spiro atoms. The summed E-state index contributed by atoms with van der Waals surface area (Å²) in [5, 5.41) is 10.00. The van der Waals surface area contributed by atoms with Crippen molar-refractivity contribution in [2.24, 2.45) is 17.1 Å². The third kappa shape index (κ3) is 1.88. The Morgan fingerprint density at radius 1 is 1.35 bits per heavy atom. The van der Waals surface area contributed by atoms with Crippen LogP contribution < -0.4 is 5.73 Å². The van der Waals surface area contributed by atoms with E-state index in [0.717, 1.165) is 12.8 Å². The smallest absolute Gasteiger partial charge is 0.0717 e. The van der Waals surface area contributed by atoms with Crippen molar-refractivity contribution in [1.82, 2.24) is 0 Å². The highest BCUT2D eigenvalue weighted by molar-refractivity contribution is 5.17. The van der Waals surface area contributed by atoms with E-state index in [2.05, 4.69) is 12.1 Å². The normalized spacial score (nSPS) is 39.1. The molecule has 0 aliphatic heterocycles. The number of hydrogen-bond donors (Lipinski definition) is 2. The molecule has 2 saturated carbocycles. The molecule has 0 saturated heterocycles. The SMILES string of the molecule is N[C@H]1C[C@H](O)[C@@]2(COCc3ccccc3)C[C@H]12. The highest BCUT2D eigenvalue weighted by Crippen LogP contribution is 2.62. The lowest BCUT2D eigenvalue weighted by molar-refractivity contribution is 0.0135. The van der Waals surface area contributed by atoms with Gasteiger partial charge in [0.1, 0.15) is 0 Å². The summed E-state index contributed by atoms with van der Waals surface area (Å²) in [7, 11) is 0. The van der Waals surface area contributed by atoms with Gasteiger partial charge >= 0.3 is 0 Å². The predicted molar refractivity (Wildman–Crippen MR) is 65.2 cm³/mol. The Kier molecular flexibility index (Phi) is 2.69. The van der Waals surface area contributed by atoms with E-state index in [4.69, 9.17) is 10.5 Å². The van der Waals surface area contributed by atoms with Crippen LogP contribution in [0, 0.1) is 11.3 Å². The fourth-order valence-electron chi connectivity index (χ4n) is 3.16. The summed E-state index contributed by atoms with van der Waals surface area (Å²) in [5.41, 5.74) is 7.12. The molecule has 1 aromatic carbocycles. The van der Waals surface area contributed by atoms with Crippen LogP contribution in [0.1, 0.15) is 18.4 Å². The van der Waals surface area contributed by atoms with Gasteiger partial charge < -0.3 is 15.6 Å². The molecule has 2 aliphatic rings. The first kappa shape index (κ1) is 11.2. The number of benzene rings is 1. The molecular formula is C14H19NO2. The van der Waals surface area contributed by atoms with E-state index >= 15 is 0 Å². The van der Waals surface area contributed by atoms with Gasteiger partial charge in [-0.1, -0.05) is 30.3 Å². The van der Waals surface area contributed by atoms with E-state index in [1.54, 1.807) is 0 Å². The van der Waals surface area contributed by atoms with E-state index in [1.165, 1.54) is 5.56 Å². The third-order valence-electron chi connectivity index (χ3n) is 4.34. The number of nitrogens with two attached hydrogens (primary N) is 1. The Bertz CT molecular complexity index is 390. The van der Waals surface area contributed by atoms with Crippen molar-refractivity contribution in [3.05, 3.63) is 35.9 Å². The van der Waals surface area contributed by atoms with Crippen molar-refractivity contribution in [3.8, 4) is 0 Å². The molecule has 3 nitrogen and oxygen atoms in total. The van der Waals surface area contributed by atoms with Crippen molar-refractivity contribution in [2.45, 2.75) is 31.6 Å². The third-order valence-corrected chi connectivity index (χ3v) is 4.34. The first-order chi connectivity index (χ1) is 8.22. The van der Waals surface area contributed by atoms with Gasteiger partial charge in [-0.05, 0) is 24.3 Å². The monoisotopic (exact) mass is 233 g/mol. The molecule has 3 rings (SSSR count). The highest BCUT2D eigenvalue weighted by Gasteiger charge is 2.66. The quantitative estimate of drug-likeness (QED) is 0.824. The van der Waals surface area contributed by atoms with Gasteiger partial charge in [0.05, 0.1) is 19.3 Å². The van der Waals surface area contributed by atoms with Crippen LogP contribution in [0.3, 0.4) is 0 Å². The zero-order valence-electron chi connectivity index (χ0n) is 9.88. The lowest BCUT2D eigenvalue weighted by atomic mass is 10.0. The Balaban J connectivity index is 1.53. The largest absolute Gasteiger partial charge is 0.392 e. The molecule has 2 aliphatic carbocycles. The standard InChI is InChI=1S/C14H19NO2/c15-12-6-13(16)14(7-11(12)14)9-17-8-10-4-2-1-3-5-10/h1-5,11-13,16H,6-9,15H2/t11-,12+,13+,14-/m1/s1. The van der Waals surface area contributed by atoms with Gasteiger partial charge in [-0.15, -0.1) is 0 Å². The molecule has 0 bridgehead atoms. The van der Waals surface area contributed by atoms with E-state index in [-0.39, 0.29) is 17.6 Å². The zero-order chi connectivity index (χ0) is 11.9. The highest BCUT2D eigenvalue weighted by atomic mass is 16.5. The molecule has 0 amide bonds. The van der Waals surface area contributed by atoms with Crippen LogP contribution in [0.4, 0.5) is 0 Å². The number of fused-ring (bicyclic) bond motifs is 1. The van der Waals surface area contributed by atoms with E-state index < -0.39 is 0 Å². The fourth-order valence-corrected chi connectivity index (χ4v) is 3.16. The lowest BCUT2D eigenvalue weighted by Gasteiger charge is -2.18. The van der Waals surface area contributed by atoms with Crippen molar-refractivity contribution >= 4 is 0 Å². The van der Waals surface area contributed by atoms with Crippen LogP contribution in [0.15, 0.2) is 30.3 Å². The van der Waals surface area contributed by atoms with Crippen LogP contribution in [0.25, 0.3) is 0 Å². The summed E-state index contributed by atoms with van der Waals surface area (Å²) >= 11 is 0. The van der Waals surface area contributed by atoms with Crippen LogP contribution in [0.5, 0.6) is 0 Å². The van der Waals surface area contributed by atoms with E-state index in [9.17, 15) is 5.11 Å². The van der Waals surface area contributed by atoms with Gasteiger partial charge in [-0.2, -0.15) is 0 Å². The Hall–Kier alpha value is -0.900. The summed E-state index contributed by atoms with van der Waals surface area (Å²) in [6, 6.07) is 10.3. The van der Waals surface area contributed by atoms with Crippen molar-refractivity contribution in [3.63, 3.8) is 0 Å². The number of hydrogen-bond acceptors (Lipinski definition) is 3. The molecule has 0 aromatic heterocycles. The van der Waals surface area contributed by atoms with Gasteiger partial charge in [0.15, 0.2) is 0 Å². The summed E-state index contributed by atoms with van der Waals surface area (Å²) in [6.45, 7) is 1.26. The second-order valence-corrected chi connectivity index (χ2v) is 5.44. The van der Waals surface area contributed by atoms with Crippen LogP contribution in [0.2, 0.25) is 0 Å². The number of rotatable bonds is 4. The molecule has 0 radical (unpaired) electrons. The zero-order valence-corrected chi connectivity index (χ0v) is 9.88. The molecule has 0 unspecified atom stereocenters. The van der Waals surface area contributed by atoms with Gasteiger partial charge in [0, 0.05) is 11.5 Å². The molecule has 0 heterocycles. The molecule has 1 aromatic rings. The van der Waals surface area contributed by atoms with Gasteiger partial charge in [-0.3, -0.25) is 0 Å². The van der Waals surface area contributed by atoms with Gasteiger partial charge in [0.2, 0.25) is 0 Å². The summed E-state index contributed by atoms with van der Waals surface area (Å²) in [6.07, 6.45) is 1.50. The van der Waals surface area contributed by atoms with Crippen molar-refractivity contribution in [2.75, 3.05) is 6.61 Å². The predicted octanol–water partition coefficient (Wildman–Crippen LogP) is 1.30. The maximum Gasteiger partial charge on any atom is 0.0717 e. The molecule has 3 heteroatoms. The first-order valence-electron chi connectivity index (χ1n) is 6.28. The Morgan fingerprint density at radius 3 is 2.71 bits per heavy atom. The minimum Gasteiger partial charge on any atom is -0.392 e. The number of aliphatic hydroxyl groups excluding tert-OH is 1. The molecular weight excluding hydrogens is 214 g/mol. The molecule has 3 N–H and O–H groups in total. The topological polar surface area (TPSA) is 55.5 Å². The fraction of sp³-hybridized carbons (Fsp3) is 0.571. The molecule has 17 heavy (non-hydrogen) atoms. The maximum absolute atomic E-state index is 10.00. The Labute approximate surface area is 102 Å². The Morgan fingerprint density at radius 2 is 2.12 bits per heavy atom. The second kappa shape index (κ2) is 4.09. The number of aliphatic hydroxyl groups is 1. The summed E-state index contributed by atoms with van der Waals surface area (Å²) in [5.74, 6) is 0.480. The van der Waals surface area contributed by atoms with Crippen molar-refractivity contribution in [1.29, 1.82) is 0 Å². The van der Waals surface area contributed by atoms with E-state index in [1.807, 2.05) is 18.2 Å².